The maximum Gasteiger partial charge on any atom is 0.0467 e. The summed E-state index contributed by atoms with van der Waals surface area (Å²) >= 11 is 13.3. The predicted octanol–water partition coefficient (Wildman–Crippen LogP) is 5.63. The second-order valence-electron chi connectivity index (χ2n) is 4.32. The van der Waals surface area contributed by atoms with Crippen molar-refractivity contribution in [2.45, 2.75) is 11.9 Å². The van der Waals surface area contributed by atoms with Crippen molar-refractivity contribution in [2.24, 2.45) is 0 Å². The highest BCUT2D eigenvalue weighted by molar-refractivity contribution is 9.10. The molecule has 0 aliphatic rings. The fourth-order valence-electron chi connectivity index (χ4n) is 2.00. The van der Waals surface area contributed by atoms with E-state index in [0.29, 0.717) is 0 Å². The first-order valence-electron chi connectivity index (χ1n) is 5.91. The van der Waals surface area contributed by atoms with E-state index in [4.69, 9.17) is 11.6 Å². The SMILES string of the molecule is CN(Cc1ccccc1Br)c1cccc(Cl)c1CBr. The van der Waals surface area contributed by atoms with E-state index in [1.54, 1.807) is 0 Å². The van der Waals surface area contributed by atoms with Gasteiger partial charge in [0.25, 0.3) is 0 Å². The topological polar surface area (TPSA) is 3.24 Å². The standard InChI is InChI=1S/C15H14Br2ClN/c1-19(10-11-5-2-3-6-13(11)17)15-8-4-7-14(18)12(15)9-16/h2-8H,9-10H2,1H3. The van der Waals surface area contributed by atoms with Crippen LogP contribution in [0.3, 0.4) is 0 Å². The van der Waals surface area contributed by atoms with Crippen LogP contribution < -0.4 is 4.90 Å². The van der Waals surface area contributed by atoms with Crippen molar-refractivity contribution in [1.29, 1.82) is 0 Å². The fraction of sp³-hybridized carbons (Fsp3) is 0.200. The lowest BCUT2D eigenvalue weighted by atomic mass is 10.1. The van der Waals surface area contributed by atoms with Crippen LogP contribution in [0.1, 0.15) is 11.1 Å². The molecule has 2 rings (SSSR count). The molecule has 4 heteroatoms. The van der Waals surface area contributed by atoms with Crippen LogP contribution in [0.2, 0.25) is 5.02 Å². The van der Waals surface area contributed by atoms with E-state index in [9.17, 15) is 0 Å². The Hall–Kier alpha value is -0.510. The zero-order chi connectivity index (χ0) is 13.8. The first-order valence-corrected chi connectivity index (χ1v) is 8.20. The summed E-state index contributed by atoms with van der Waals surface area (Å²) in [6.07, 6.45) is 0. The van der Waals surface area contributed by atoms with E-state index in [1.165, 1.54) is 5.56 Å². The lowest BCUT2D eigenvalue weighted by Gasteiger charge is -2.23. The molecule has 1 nitrogen and oxygen atoms in total. The summed E-state index contributed by atoms with van der Waals surface area (Å²) in [5, 5.41) is 1.55. The van der Waals surface area contributed by atoms with Gasteiger partial charge in [0, 0.05) is 39.7 Å². The molecule has 0 aliphatic carbocycles. The van der Waals surface area contributed by atoms with E-state index in [0.717, 1.165) is 32.6 Å². The second-order valence-corrected chi connectivity index (χ2v) is 6.14. The monoisotopic (exact) mass is 401 g/mol. The number of hydrogen-bond donors (Lipinski definition) is 0. The van der Waals surface area contributed by atoms with Crippen LogP contribution in [0.25, 0.3) is 0 Å². The van der Waals surface area contributed by atoms with Gasteiger partial charge in [-0.2, -0.15) is 0 Å². The lowest BCUT2D eigenvalue weighted by Crippen LogP contribution is -2.18. The van der Waals surface area contributed by atoms with Crippen LogP contribution >= 0.6 is 43.5 Å². The molecule has 100 valence electrons. The Kier molecular flexibility index (Phi) is 5.31. The molecule has 2 aromatic carbocycles. The molecular weight excluding hydrogens is 389 g/mol. The van der Waals surface area contributed by atoms with E-state index >= 15 is 0 Å². The summed E-state index contributed by atoms with van der Waals surface area (Å²) in [6.45, 7) is 0.835. The van der Waals surface area contributed by atoms with Crippen LogP contribution in [0.4, 0.5) is 5.69 Å². The van der Waals surface area contributed by atoms with E-state index < -0.39 is 0 Å². The van der Waals surface area contributed by atoms with Crippen LogP contribution in [-0.2, 0) is 11.9 Å². The molecule has 2 aromatic rings. The summed E-state index contributed by atoms with van der Waals surface area (Å²) in [5.74, 6) is 0. The summed E-state index contributed by atoms with van der Waals surface area (Å²) in [7, 11) is 2.08. The molecule has 0 spiro atoms. The Labute approximate surface area is 135 Å². The number of halogens is 3. The zero-order valence-corrected chi connectivity index (χ0v) is 14.5. The van der Waals surface area contributed by atoms with Crippen LogP contribution in [0, 0.1) is 0 Å². The van der Waals surface area contributed by atoms with Gasteiger partial charge < -0.3 is 4.90 Å². The Morgan fingerprint density at radius 3 is 2.53 bits per heavy atom. The number of benzene rings is 2. The summed E-state index contributed by atoms with van der Waals surface area (Å²) in [6, 6.07) is 14.3. The van der Waals surface area contributed by atoms with Crippen molar-refractivity contribution in [3.63, 3.8) is 0 Å². The average Bonchev–Trinajstić information content (AvgIpc) is 2.41. The minimum atomic E-state index is 0.752. The van der Waals surface area contributed by atoms with Crippen molar-refractivity contribution >= 4 is 49.1 Å². The number of alkyl halides is 1. The van der Waals surface area contributed by atoms with E-state index in [1.807, 2.05) is 18.2 Å². The average molecular weight is 404 g/mol. The van der Waals surface area contributed by atoms with Crippen LogP contribution in [-0.4, -0.2) is 7.05 Å². The van der Waals surface area contributed by atoms with Gasteiger partial charge in [-0.1, -0.05) is 67.7 Å². The van der Waals surface area contributed by atoms with Gasteiger partial charge in [0.15, 0.2) is 0 Å². The third-order valence-corrected chi connectivity index (χ3v) is 4.69. The quantitative estimate of drug-likeness (QED) is 0.598. The van der Waals surface area contributed by atoms with Crippen LogP contribution in [0.5, 0.6) is 0 Å². The third-order valence-electron chi connectivity index (χ3n) is 3.00. The minimum Gasteiger partial charge on any atom is -0.370 e. The fourth-order valence-corrected chi connectivity index (χ4v) is 3.40. The van der Waals surface area contributed by atoms with E-state index in [2.05, 4.69) is 68.1 Å². The molecule has 0 saturated carbocycles. The highest BCUT2D eigenvalue weighted by atomic mass is 79.9. The normalized spacial score (nSPS) is 10.5. The number of hydrogen-bond acceptors (Lipinski definition) is 1. The van der Waals surface area contributed by atoms with Gasteiger partial charge in [-0.25, -0.2) is 0 Å². The van der Waals surface area contributed by atoms with Gasteiger partial charge in [-0.05, 0) is 23.8 Å². The molecular formula is C15H14Br2ClN. The second kappa shape index (κ2) is 6.78. The molecule has 0 bridgehead atoms. The number of rotatable bonds is 4. The van der Waals surface area contributed by atoms with Crippen molar-refractivity contribution < 1.29 is 0 Å². The molecule has 0 aromatic heterocycles. The van der Waals surface area contributed by atoms with E-state index in [-0.39, 0.29) is 0 Å². The number of nitrogens with zero attached hydrogens (tertiary/aromatic N) is 1. The highest BCUT2D eigenvalue weighted by Crippen LogP contribution is 2.30. The maximum atomic E-state index is 6.24. The summed E-state index contributed by atoms with van der Waals surface area (Å²) < 4.78 is 1.13. The summed E-state index contributed by atoms with van der Waals surface area (Å²) in [4.78, 5) is 2.21. The van der Waals surface area contributed by atoms with Gasteiger partial charge in [0.1, 0.15) is 0 Å². The maximum absolute atomic E-state index is 6.24. The third kappa shape index (κ3) is 3.53. The Morgan fingerprint density at radius 2 is 1.84 bits per heavy atom. The Balaban J connectivity index is 2.28. The van der Waals surface area contributed by atoms with Crippen molar-refractivity contribution in [3.8, 4) is 0 Å². The molecule has 0 aliphatic heterocycles. The van der Waals surface area contributed by atoms with Crippen molar-refractivity contribution in [2.75, 3.05) is 11.9 Å². The highest BCUT2D eigenvalue weighted by Gasteiger charge is 2.11. The van der Waals surface area contributed by atoms with Gasteiger partial charge in [0.05, 0.1) is 0 Å². The summed E-state index contributed by atoms with van der Waals surface area (Å²) in [5.41, 5.74) is 3.53. The smallest absolute Gasteiger partial charge is 0.0467 e. The van der Waals surface area contributed by atoms with Crippen molar-refractivity contribution in [3.05, 3.63) is 63.1 Å². The first kappa shape index (κ1) is 14.9. The van der Waals surface area contributed by atoms with Crippen LogP contribution in [0.15, 0.2) is 46.9 Å². The Morgan fingerprint density at radius 1 is 1.11 bits per heavy atom. The molecule has 0 atom stereocenters. The molecule has 0 fully saturated rings. The van der Waals surface area contributed by atoms with Crippen molar-refractivity contribution in [1.82, 2.24) is 0 Å². The molecule has 0 amide bonds. The molecule has 19 heavy (non-hydrogen) atoms. The van der Waals surface area contributed by atoms with Gasteiger partial charge >= 0.3 is 0 Å². The molecule has 0 radical (unpaired) electrons. The minimum absolute atomic E-state index is 0.752. The zero-order valence-electron chi connectivity index (χ0n) is 10.5. The molecule has 0 heterocycles. The Bertz CT molecular complexity index is 572. The van der Waals surface area contributed by atoms with Gasteiger partial charge in [0.2, 0.25) is 0 Å². The molecule has 0 unspecified atom stereocenters. The predicted molar refractivity (Wildman–Crippen MR) is 90.3 cm³/mol. The lowest BCUT2D eigenvalue weighted by molar-refractivity contribution is 0.912. The van der Waals surface area contributed by atoms with Gasteiger partial charge in [-0.15, -0.1) is 0 Å². The first-order chi connectivity index (χ1) is 9.13. The molecule has 0 saturated heterocycles. The number of anilines is 1. The molecule has 0 N–H and O–H groups in total. The van der Waals surface area contributed by atoms with Gasteiger partial charge in [-0.3, -0.25) is 0 Å². The largest absolute Gasteiger partial charge is 0.370 e.